The summed E-state index contributed by atoms with van der Waals surface area (Å²) >= 11 is 0. The van der Waals surface area contributed by atoms with Crippen LogP contribution >= 0.6 is 0 Å². The third-order valence-electron chi connectivity index (χ3n) is 8.16. The summed E-state index contributed by atoms with van der Waals surface area (Å²) in [6.07, 6.45) is 3.85. The molecule has 53 heavy (non-hydrogen) atoms. The molecule has 0 aliphatic carbocycles. The summed E-state index contributed by atoms with van der Waals surface area (Å²) in [7, 11) is 0. The zero-order valence-electron chi connectivity index (χ0n) is 28.4. The molecule has 1 aromatic heterocycles. The molecule has 3 aromatic carbocycles. The standard InChI is InChI=1S/C22H16O12.C15H14O4/c1-8-5-12(24)10(6-23)19-15(8)22(31)34-20-11(7-32-14(27)4-3-13(25)26)17(28)16(21(29)30)9(2)18(20)33-19;1-8-3-4-10-12(18-7-8)6-13-14(15(10)17)11(16)5-9(2)19-13/h3-6,24,28H,7H2,1-2H3,(H,25,26)(H,29,30);3,5-6,17H,4,7H2,1-2H3. The van der Waals surface area contributed by atoms with Gasteiger partial charge in [0, 0.05) is 35.4 Å². The number of carbonyl (C=O) groups is 5. The zero-order chi connectivity index (χ0) is 38.9. The van der Waals surface area contributed by atoms with Crippen LogP contribution in [0, 0.1) is 20.8 Å². The van der Waals surface area contributed by atoms with Crippen molar-refractivity contribution in [2.75, 3.05) is 6.61 Å². The number of esters is 2. The van der Waals surface area contributed by atoms with Crippen molar-refractivity contribution in [3.05, 3.63) is 96.9 Å². The Hall–Kier alpha value is -7.10. The van der Waals surface area contributed by atoms with Crippen molar-refractivity contribution in [2.45, 2.75) is 40.7 Å². The molecule has 0 saturated heterocycles. The molecule has 6 rings (SSSR count). The van der Waals surface area contributed by atoms with E-state index in [-0.39, 0.29) is 45.3 Å². The Kier molecular flexibility index (Phi) is 10.3. The van der Waals surface area contributed by atoms with Gasteiger partial charge in [-0.05, 0) is 51.3 Å². The van der Waals surface area contributed by atoms with E-state index in [0.717, 1.165) is 11.6 Å². The number of carbonyl (C=O) groups excluding carboxylic acids is 3. The fourth-order valence-electron chi connectivity index (χ4n) is 5.61. The van der Waals surface area contributed by atoms with Gasteiger partial charge in [0.05, 0.1) is 11.1 Å². The van der Waals surface area contributed by atoms with Gasteiger partial charge in [0.25, 0.3) is 0 Å². The van der Waals surface area contributed by atoms with Crippen molar-refractivity contribution < 1.29 is 72.9 Å². The normalized spacial score (nSPS) is 13.0. The monoisotopic (exact) mass is 730 g/mol. The summed E-state index contributed by atoms with van der Waals surface area (Å²) in [6.45, 7) is 5.98. The quantitative estimate of drug-likeness (QED) is 0.0580. The smallest absolute Gasteiger partial charge is 0.347 e. The number of aromatic carboxylic acids is 1. The minimum Gasteiger partial charge on any atom is -0.507 e. The lowest BCUT2D eigenvalue weighted by atomic mass is 10.0. The number of aldehydes is 1. The Morgan fingerprint density at radius 3 is 2.28 bits per heavy atom. The van der Waals surface area contributed by atoms with E-state index in [9.17, 15) is 49.2 Å². The third-order valence-corrected chi connectivity index (χ3v) is 8.16. The van der Waals surface area contributed by atoms with Gasteiger partial charge in [-0.2, -0.15) is 0 Å². The Morgan fingerprint density at radius 1 is 0.906 bits per heavy atom. The van der Waals surface area contributed by atoms with E-state index in [2.05, 4.69) is 0 Å². The number of rotatable bonds is 6. The first kappa shape index (κ1) is 37.2. The van der Waals surface area contributed by atoms with E-state index in [4.69, 9.17) is 28.5 Å². The molecule has 2 aliphatic rings. The van der Waals surface area contributed by atoms with Gasteiger partial charge in [0.2, 0.25) is 0 Å². The Morgan fingerprint density at radius 2 is 1.62 bits per heavy atom. The van der Waals surface area contributed by atoms with Crippen LogP contribution in [0.3, 0.4) is 0 Å². The average molecular weight is 731 g/mol. The SMILES string of the molecule is CC1=CCc2c(cc3oc(C)cc(=O)c3c2O)OC1.Cc1cc(O)c(C=O)c2c1C(=O)Oc1c(COC(=O)C=CC(=O)O)c(O)c(C(=O)O)c(C)c1O2. The van der Waals surface area contributed by atoms with Crippen molar-refractivity contribution in [1.29, 1.82) is 0 Å². The van der Waals surface area contributed by atoms with Crippen molar-refractivity contribution in [3.8, 4) is 40.2 Å². The van der Waals surface area contributed by atoms with E-state index in [1.54, 1.807) is 13.0 Å². The lowest BCUT2D eigenvalue weighted by Crippen LogP contribution is -2.13. The molecule has 0 unspecified atom stereocenters. The summed E-state index contributed by atoms with van der Waals surface area (Å²) < 4.78 is 27.1. The van der Waals surface area contributed by atoms with Crippen LogP contribution in [0.25, 0.3) is 11.0 Å². The highest BCUT2D eigenvalue weighted by atomic mass is 16.6. The molecule has 2 aliphatic heterocycles. The number of aromatic hydroxyl groups is 3. The van der Waals surface area contributed by atoms with Crippen molar-refractivity contribution in [1.82, 2.24) is 0 Å². The van der Waals surface area contributed by atoms with E-state index >= 15 is 0 Å². The van der Waals surface area contributed by atoms with Crippen molar-refractivity contribution in [3.63, 3.8) is 0 Å². The maximum atomic E-state index is 12.9. The van der Waals surface area contributed by atoms with E-state index < -0.39 is 70.2 Å². The Labute approximate surface area is 298 Å². The molecule has 274 valence electrons. The van der Waals surface area contributed by atoms with Crippen LogP contribution in [0.2, 0.25) is 0 Å². The first-order valence-corrected chi connectivity index (χ1v) is 15.5. The fourth-order valence-corrected chi connectivity index (χ4v) is 5.61. The van der Waals surface area contributed by atoms with Crippen LogP contribution in [-0.4, -0.2) is 62.3 Å². The number of carboxylic acids is 2. The average Bonchev–Trinajstić information content (AvgIpc) is 3.35. The summed E-state index contributed by atoms with van der Waals surface area (Å²) in [5.74, 6) is -6.86. The van der Waals surface area contributed by atoms with Crippen LogP contribution in [0.5, 0.6) is 40.2 Å². The summed E-state index contributed by atoms with van der Waals surface area (Å²) in [5.41, 5.74) is 0.0594. The Bertz CT molecular complexity index is 2380. The molecule has 0 spiro atoms. The van der Waals surface area contributed by atoms with Crippen LogP contribution in [0.1, 0.15) is 66.0 Å². The first-order chi connectivity index (χ1) is 25.0. The topological polar surface area (TPSA) is 254 Å². The van der Waals surface area contributed by atoms with Gasteiger partial charge in [0.15, 0.2) is 29.0 Å². The maximum Gasteiger partial charge on any atom is 0.347 e. The fraction of sp³-hybridized carbons (Fsp3) is 0.189. The number of aryl methyl sites for hydroxylation is 2. The van der Waals surface area contributed by atoms with Gasteiger partial charge < -0.3 is 48.9 Å². The minimum absolute atomic E-state index is 0.0350. The molecule has 4 aromatic rings. The second-order valence-corrected chi connectivity index (χ2v) is 11.8. The molecular formula is C37H30O16. The zero-order valence-corrected chi connectivity index (χ0v) is 28.4. The van der Waals surface area contributed by atoms with Crippen LogP contribution in [-0.2, 0) is 27.4 Å². The lowest BCUT2D eigenvalue weighted by molar-refractivity contribution is -0.139. The molecule has 0 atom stereocenters. The molecule has 0 fully saturated rings. The number of aliphatic carboxylic acids is 1. The first-order valence-electron chi connectivity index (χ1n) is 15.5. The van der Waals surface area contributed by atoms with E-state index in [0.29, 0.717) is 47.8 Å². The number of phenolic OH excluding ortho intramolecular Hbond substituents is 2. The molecule has 0 amide bonds. The number of ether oxygens (including phenoxy) is 4. The molecule has 3 heterocycles. The number of carboxylic acid groups (broad SMARTS) is 2. The van der Waals surface area contributed by atoms with Crippen LogP contribution in [0.15, 0.2) is 51.2 Å². The van der Waals surface area contributed by atoms with Gasteiger partial charge in [-0.3, -0.25) is 9.59 Å². The number of phenols is 3. The highest BCUT2D eigenvalue weighted by Gasteiger charge is 2.36. The van der Waals surface area contributed by atoms with Crippen molar-refractivity contribution >= 4 is 41.1 Å². The molecule has 0 radical (unpaired) electrons. The number of hydrogen-bond donors (Lipinski definition) is 5. The van der Waals surface area contributed by atoms with E-state index in [1.807, 2.05) is 13.0 Å². The van der Waals surface area contributed by atoms with Gasteiger partial charge in [-0.1, -0.05) is 6.08 Å². The number of benzene rings is 3. The largest absolute Gasteiger partial charge is 0.507 e. The van der Waals surface area contributed by atoms with Crippen LogP contribution in [0.4, 0.5) is 0 Å². The Balaban J connectivity index is 0.000000239. The van der Waals surface area contributed by atoms with Gasteiger partial charge in [-0.25, -0.2) is 19.2 Å². The van der Waals surface area contributed by atoms with Gasteiger partial charge in [0.1, 0.15) is 64.1 Å². The molecule has 0 bridgehead atoms. The number of hydrogen-bond acceptors (Lipinski definition) is 14. The molecule has 16 heteroatoms. The predicted molar refractivity (Wildman–Crippen MR) is 181 cm³/mol. The second-order valence-electron chi connectivity index (χ2n) is 11.8. The maximum absolute atomic E-state index is 12.9. The summed E-state index contributed by atoms with van der Waals surface area (Å²) in [6, 6.07) is 4.20. The van der Waals surface area contributed by atoms with Crippen LogP contribution < -0.4 is 19.6 Å². The molecular weight excluding hydrogens is 700 g/mol. The number of allylic oxidation sites excluding steroid dienone is 1. The molecule has 0 saturated carbocycles. The van der Waals surface area contributed by atoms with Crippen molar-refractivity contribution in [2.24, 2.45) is 0 Å². The minimum atomic E-state index is -1.60. The number of fused-ring (bicyclic) bond motifs is 4. The predicted octanol–water partition coefficient (Wildman–Crippen LogP) is 4.92. The summed E-state index contributed by atoms with van der Waals surface area (Å²) in [5, 5.41) is 49.4. The lowest BCUT2D eigenvalue weighted by Gasteiger charge is -2.18. The molecule has 5 N–H and O–H groups in total. The van der Waals surface area contributed by atoms with E-state index in [1.165, 1.54) is 19.9 Å². The van der Waals surface area contributed by atoms with Gasteiger partial charge >= 0.3 is 23.9 Å². The third kappa shape index (κ3) is 7.23. The highest BCUT2D eigenvalue weighted by molar-refractivity contribution is 6.03. The summed E-state index contributed by atoms with van der Waals surface area (Å²) in [4.78, 5) is 70.6. The second kappa shape index (κ2) is 14.6. The molecule has 16 nitrogen and oxygen atoms in total. The van der Waals surface area contributed by atoms with Gasteiger partial charge in [-0.15, -0.1) is 0 Å². The highest BCUT2D eigenvalue weighted by Crippen LogP contribution is 2.50.